The van der Waals surface area contributed by atoms with Gasteiger partial charge >= 0.3 is 0 Å². The molecule has 0 atom stereocenters. The molecule has 0 N–H and O–H groups in total. The standard InChI is InChI=1S/C15H15NO2/c17-9-13(12-3-1-2-4-12)7-11-5-6-14-15(8-11)18-10-16-14/h5-10,12H,1-4H2/b13-7-. The summed E-state index contributed by atoms with van der Waals surface area (Å²) in [6.07, 6.45) is 9.15. The monoisotopic (exact) mass is 241 g/mol. The number of aromatic nitrogens is 1. The summed E-state index contributed by atoms with van der Waals surface area (Å²) in [4.78, 5) is 15.3. The molecular formula is C15H15NO2. The van der Waals surface area contributed by atoms with Gasteiger partial charge in [-0.05, 0) is 48.1 Å². The molecular weight excluding hydrogens is 226 g/mol. The van der Waals surface area contributed by atoms with Crippen molar-refractivity contribution in [1.29, 1.82) is 0 Å². The summed E-state index contributed by atoms with van der Waals surface area (Å²) in [5, 5.41) is 0. The Morgan fingerprint density at radius 3 is 2.94 bits per heavy atom. The Morgan fingerprint density at radius 2 is 2.17 bits per heavy atom. The van der Waals surface area contributed by atoms with Gasteiger partial charge in [-0.1, -0.05) is 18.9 Å². The van der Waals surface area contributed by atoms with Crippen molar-refractivity contribution in [2.75, 3.05) is 0 Å². The first-order valence-corrected chi connectivity index (χ1v) is 6.37. The van der Waals surface area contributed by atoms with Crippen LogP contribution in [0.4, 0.5) is 0 Å². The van der Waals surface area contributed by atoms with Gasteiger partial charge in [0.2, 0.25) is 0 Å². The van der Waals surface area contributed by atoms with Crippen molar-refractivity contribution >= 4 is 23.5 Å². The molecule has 3 rings (SSSR count). The van der Waals surface area contributed by atoms with Gasteiger partial charge in [0.15, 0.2) is 12.0 Å². The predicted octanol–water partition coefficient (Wildman–Crippen LogP) is 3.60. The van der Waals surface area contributed by atoms with E-state index >= 15 is 0 Å². The van der Waals surface area contributed by atoms with Crippen LogP contribution in [0.2, 0.25) is 0 Å². The van der Waals surface area contributed by atoms with Gasteiger partial charge in [0.1, 0.15) is 11.8 Å². The van der Waals surface area contributed by atoms with Crippen molar-refractivity contribution < 1.29 is 9.21 Å². The number of aldehydes is 1. The fourth-order valence-corrected chi connectivity index (χ4v) is 2.66. The van der Waals surface area contributed by atoms with E-state index in [-0.39, 0.29) is 0 Å². The summed E-state index contributed by atoms with van der Waals surface area (Å²) in [6.45, 7) is 0. The van der Waals surface area contributed by atoms with Gasteiger partial charge in [-0.15, -0.1) is 0 Å². The molecule has 92 valence electrons. The number of rotatable bonds is 3. The van der Waals surface area contributed by atoms with Crippen molar-refractivity contribution in [2.45, 2.75) is 25.7 Å². The number of allylic oxidation sites excluding steroid dienone is 1. The lowest BCUT2D eigenvalue weighted by Crippen LogP contribution is -1.99. The fourth-order valence-electron chi connectivity index (χ4n) is 2.66. The van der Waals surface area contributed by atoms with E-state index in [2.05, 4.69) is 4.98 Å². The molecule has 0 radical (unpaired) electrons. The minimum atomic E-state index is 0.438. The summed E-state index contributed by atoms with van der Waals surface area (Å²) in [5.41, 5.74) is 3.53. The van der Waals surface area contributed by atoms with Gasteiger partial charge in [0, 0.05) is 0 Å². The molecule has 3 heteroatoms. The van der Waals surface area contributed by atoms with Gasteiger partial charge in [-0.25, -0.2) is 4.98 Å². The van der Waals surface area contributed by atoms with Crippen LogP contribution in [-0.2, 0) is 4.79 Å². The van der Waals surface area contributed by atoms with Gasteiger partial charge in [0.05, 0.1) is 0 Å². The summed E-state index contributed by atoms with van der Waals surface area (Å²) >= 11 is 0. The molecule has 0 saturated heterocycles. The lowest BCUT2D eigenvalue weighted by Gasteiger charge is -2.08. The van der Waals surface area contributed by atoms with Crippen molar-refractivity contribution in [3.63, 3.8) is 0 Å². The number of hydrogen-bond acceptors (Lipinski definition) is 3. The molecule has 3 nitrogen and oxygen atoms in total. The van der Waals surface area contributed by atoms with Crippen LogP contribution in [0.25, 0.3) is 17.2 Å². The van der Waals surface area contributed by atoms with Crippen molar-refractivity contribution in [2.24, 2.45) is 5.92 Å². The maximum atomic E-state index is 11.2. The van der Waals surface area contributed by atoms with E-state index < -0.39 is 0 Å². The molecule has 0 unspecified atom stereocenters. The molecule has 1 aliphatic rings. The number of carbonyl (C=O) groups excluding carboxylic acids is 1. The maximum Gasteiger partial charge on any atom is 0.181 e. The Kier molecular flexibility index (Phi) is 2.97. The summed E-state index contributed by atoms with van der Waals surface area (Å²) in [6, 6.07) is 5.83. The van der Waals surface area contributed by atoms with E-state index in [9.17, 15) is 4.79 Å². The normalized spacial score (nSPS) is 17.4. The highest BCUT2D eigenvalue weighted by molar-refractivity contribution is 5.84. The SMILES string of the molecule is O=C/C(=C/c1ccc2ncoc2c1)C1CCCC1. The third kappa shape index (κ3) is 2.08. The zero-order valence-corrected chi connectivity index (χ0v) is 10.1. The second-order valence-electron chi connectivity index (χ2n) is 4.82. The van der Waals surface area contributed by atoms with Crippen molar-refractivity contribution in [1.82, 2.24) is 4.98 Å². The Labute approximate surface area is 106 Å². The molecule has 1 aliphatic carbocycles. The van der Waals surface area contributed by atoms with Crippen molar-refractivity contribution in [3.05, 3.63) is 35.7 Å². The first-order valence-electron chi connectivity index (χ1n) is 6.37. The van der Waals surface area contributed by atoms with Gasteiger partial charge in [-0.2, -0.15) is 0 Å². The van der Waals surface area contributed by atoms with E-state index in [0.717, 1.165) is 41.4 Å². The Balaban J connectivity index is 1.94. The number of oxazole rings is 1. The molecule has 1 aromatic carbocycles. The van der Waals surface area contributed by atoms with E-state index in [1.807, 2.05) is 24.3 Å². The molecule has 1 aromatic heterocycles. The topological polar surface area (TPSA) is 43.1 Å². The molecule has 1 fully saturated rings. The van der Waals surface area contributed by atoms with Crippen LogP contribution in [0.15, 0.2) is 34.6 Å². The quantitative estimate of drug-likeness (QED) is 0.609. The predicted molar refractivity (Wildman–Crippen MR) is 70.0 cm³/mol. The zero-order valence-electron chi connectivity index (χ0n) is 10.1. The maximum absolute atomic E-state index is 11.2. The Hall–Kier alpha value is -1.90. The lowest BCUT2D eigenvalue weighted by molar-refractivity contribution is -0.105. The molecule has 0 aliphatic heterocycles. The molecule has 1 saturated carbocycles. The summed E-state index contributed by atoms with van der Waals surface area (Å²) < 4.78 is 5.27. The highest BCUT2D eigenvalue weighted by Gasteiger charge is 2.18. The average Bonchev–Trinajstić information content (AvgIpc) is 3.06. The van der Waals surface area contributed by atoms with Gasteiger partial charge in [-0.3, -0.25) is 4.79 Å². The summed E-state index contributed by atoms with van der Waals surface area (Å²) in [7, 11) is 0. The van der Waals surface area contributed by atoms with Crippen LogP contribution in [-0.4, -0.2) is 11.3 Å². The van der Waals surface area contributed by atoms with Crippen LogP contribution in [0.3, 0.4) is 0 Å². The van der Waals surface area contributed by atoms with Crippen LogP contribution in [0.1, 0.15) is 31.2 Å². The number of benzene rings is 1. The van der Waals surface area contributed by atoms with Crippen LogP contribution in [0, 0.1) is 5.92 Å². The molecule has 2 aromatic rings. The van der Waals surface area contributed by atoms with Crippen LogP contribution >= 0.6 is 0 Å². The molecule has 1 heterocycles. The Bertz CT molecular complexity index is 591. The van der Waals surface area contributed by atoms with Crippen LogP contribution in [0.5, 0.6) is 0 Å². The van der Waals surface area contributed by atoms with E-state index in [1.165, 1.54) is 19.2 Å². The van der Waals surface area contributed by atoms with E-state index in [4.69, 9.17) is 4.42 Å². The number of fused-ring (bicyclic) bond motifs is 1. The average molecular weight is 241 g/mol. The minimum Gasteiger partial charge on any atom is -0.443 e. The molecule has 18 heavy (non-hydrogen) atoms. The highest BCUT2D eigenvalue weighted by Crippen LogP contribution is 2.31. The van der Waals surface area contributed by atoms with Gasteiger partial charge < -0.3 is 4.42 Å². The molecule has 0 spiro atoms. The lowest BCUT2D eigenvalue weighted by atomic mass is 9.96. The Morgan fingerprint density at radius 1 is 1.33 bits per heavy atom. The fraction of sp³-hybridized carbons (Fsp3) is 0.333. The zero-order chi connectivity index (χ0) is 12.4. The second-order valence-corrected chi connectivity index (χ2v) is 4.82. The molecule has 0 bridgehead atoms. The number of carbonyl (C=O) groups is 1. The van der Waals surface area contributed by atoms with E-state index in [1.54, 1.807) is 0 Å². The minimum absolute atomic E-state index is 0.438. The smallest absolute Gasteiger partial charge is 0.181 e. The third-order valence-corrected chi connectivity index (χ3v) is 3.65. The second kappa shape index (κ2) is 4.77. The van der Waals surface area contributed by atoms with Crippen LogP contribution < -0.4 is 0 Å². The number of hydrogen-bond donors (Lipinski definition) is 0. The highest BCUT2D eigenvalue weighted by atomic mass is 16.3. The largest absolute Gasteiger partial charge is 0.443 e. The summed E-state index contributed by atoms with van der Waals surface area (Å²) in [5.74, 6) is 0.438. The third-order valence-electron chi connectivity index (χ3n) is 3.65. The molecule has 0 amide bonds. The van der Waals surface area contributed by atoms with Gasteiger partial charge in [0.25, 0.3) is 0 Å². The first-order chi connectivity index (χ1) is 8.86. The van der Waals surface area contributed by atoms with Crippen molar-refractivity contribution in [3.8, 4) is 0 Å². The van der Waals surface area contributed by atoms with E-state index in [0.29, 0.717) is 5.92 Å². The first kappa shape index (κ1) is 11.2. The number of nitrogens with zero attached hydrogens (tertiary/aromatic N) is 1.